The van der Waals surface area contributed by atoms with Crippen molar-refractivity contribution in [2.75, 3.05) is 11.9 Å². The summed E-state index contributed by atoms with van der Waals surface area (Å²) in [5, 5.41) is 15.0. The number of amides is 2. The van der Waals surface area contributed by atoms with Gasteiger partial charge in [-0.1, -0.05) is 29.8 Å². The summed E-state index contributed by atoms with van der Waals surface area (Å²) < 4.78 is 12.8. The average molecular weight is 342 g/mol. The Morgan fingerprint density at radius 1 is 1.04 bits per heavy atom. The summed E-state index contributed by atoms with van der Waals surface area (Å²) in [6.07, 6.45) is 1.31. The van der Waals surface area contributed by atoms with Crippen molar-refractivity contribution in [1.29, 1.82) is 0 Å². The summed E-state index contributed by atoms with van der Waals surface area (Å²) in [4.78, 5) is 23.4. The van der Waals surface area contributed by atoms with Crippen molar-refractivity contribution in [3.8, 4) is 0 Å². The van der Waals surface area contributed by atoms with Gasteiger partial charge in [-0.15, -0.1) is 0 Å². The van der Waals surface area contributed by atoms with E-state index in [1.165, 1.54) is 24.3 Å². The van der Waals surface area contributed by atoms with Crippen LogP contribution in [0.1, 0.15) is 17.2 Å². The van der Waals surface area contributed by atoms with Crippen LogP contribution in [0.25, 0.3) is 0 Å². The van der Waals surface area contributed by atoms with E-state index in [9.17, 15) is 19.1 Å². The molecule has 2 aromatic carbocycles. The fourth-order valence-electron chi connectivity index (χ4n) is 2.03. The van der Waals surface area contributed by atoms with Crippen molar-refractivity contribution >= 4 is 17.5 Å². The molecule has 25 heavy (non-hydrogen) atoms. The molecule has 0 radical (unpaired) electrons. The largest absolute Gasteiger partial charge is 0.387 e. The monoisotopic (exact) mass is 342 g/mol. The lowest BCUT2D eigenvalue weighted by atomic mass is 10.1. The van der Waals surface area contributed by atoms with Crippen molar-refractivity contribution in [2.24, 2.45) is 0 Å². The molecule has 2 rings (SSSR count). The molecule has 3 N–H and O–H groups in total. The Labute approximate surface area is 145 Å². The molecular weight excluding hydrogens is 323 g/mol. The second-order valence-corrected chi connectivity index (χ2v) is 5.50. The van der Waals surface area contributed by atoms with Crippen LogP contribution in [0.5, 0.6) is 0 Å². The zero-order valence-electron chi connectivity index (χ0n) is 13.7. The van der Waals surface area contributed by atoms with E-state index in [0.717, 1.165) is 17.7 Å². The Morgan fingerprint density at radius 3 is 2.28 bits per heavy atom. The van der Waals surface area contributed by atoms with Crippen LogP contribution < -0.4 is 10.6 Å². The average Bonchev–Trinajstić information content (AvgIpc) is 2.60. The highest BCUT2D eigenvalue weighted by molar-refractivity contribution is 6.03. The standard InChI is InChI=1S/C19H19FN2O3/c1-13-2-4-14(5-3-13)17(23)12-21-18(24)10-11-19(25)22-16-8-6-15(20)7-9-16/h2-11,17,23H,12H2,1H3,(H,21,24)(H,22,25)/b11-10+. The molecule has 130 valence electrons. The van der Waals surface area contributed by atoms with Gasteiger partial charge in [0.05, 0.1) is 6.10 Å². The summed E-state index contributed by atoms with van der Waals surface area (Å²) in [5.74, 6) is -1.42. The van der Waals surface area contributed by atoms with Gasteiger partial charge >= 0.3 is 0 Å². The second-order valence-electron chi connectivity index (χ2n) is 5.50. The van der Waals surface area contributed by atoms with Gasteiger partial charge in [0.25, 0.3) is 0 Å². The first-order valence-electron chi connectivity index (χ1n) is 7.71. The fourth-order valence-corrected chi connectivity index (χ4v) is 2.03. The highest BCUT2D eigenvalue weighted by atomic mass is 19.1. The molecule has 5 nitrogen and oxygen atoms in total. The summed E-state index contributed by atoms with van der Waals surface area (Å²) in [6, 6.07) is 12.6. The molecule has 0 saturated heterocycles. The van der Waals surface area contributed by atoms with E-state index in [4.69, 9.17) is 0 Å². The third-order valence-corrected chi connectivity index (χ3v) is 3.43. The van der Waals surface area contributed by atoms with Gasteiger partial charge in [-0.2, -0.15) is 0 Å². The molecule has 0 bridgehead atoms. The van der Waals surface area contributed by atoms with Crippen LogP contribution in [-0.4, -0.2) is 23.5 Å². The van der Waals surface area contributed by atoms with Gasteiger partial charge < -0.3 is 15.7 Å². The number of anilines is 1. The van der Waals surface area contributed by atoms with Gasteiger partial charge in [0.15, 0.2) is 0 Å². The van der Waals surface area contributed by atoms with Crippen LogP contribution in [0.3, 0.4) is 0 Å². The van der Waals surface area contributed by atoms with Crippen LogP contribution in [0.4, 0.5) is 10.1 Å². The number of aryl methyl sites for hydroxylation is 1. The minimum atomic E-state index is -0.828. The first kappa shape index (κ1) is 18.4. The molecule has 6 heteroatoms. The number of hydrogen-bond acceptors (Lipinski definition) is 3. The predicted molar refractivity (Wildman–Crippen MR) is 93.3 cm³/mol. The van der Waals surface area contributed by atoms with Crippen LogP contribution in [0.15, 0.2) is 60.7 Å². The summed E-state index contributed by atoms with van der Waals surface area (Å²) in [6.45, 7) is 1.98. The third kappa shape index (κ3) is 6.19. The maximum absolute atomic E-state index is 12.8. The van der Waals surface area contributed by atoms with Gasteiger partial charge in [0, 0.05) is 24.4 Å². The number of hydrogen-bond donors (Lipinski definition) is 3. The molecule has 0 saturated carbocycles. The van der Waals surface area contributed by atoms with Crippen LogP contribution in [0.2, 0.25) is 0 Å². The van der Waals surface area contributed by atoms with Crippen molar-refractivity contribution in [2.45, 2.75) is 13.0 Å². The lowest BCUT2D eigenvalue weighted by Crippen LogP contribution is -2.27. The summed E-state index contributed by atoms with van der Waals surface area (Å²) in [5.41, 5.74) is 2.20. The normalized spacial score (nSPS) is 12.0. The Kier molecular flexibility index (Phi) is 6.42. The molecule has 0 spiro atoms. The quantitative estimate of drug-likeness (QED) is 0.706. The van der Waals surface area contributed by atoms with Gasteiger partial charge in [0.2, 0.25) is 11.8 Å². The van der Waals surface area contributed by atoms with Crippen molar-refractivity contribution in [3.63, 3.8) is 0 Å². The topological polar surface area (TPSA) is 78.4 Å². The van der Waals surface area contributed by atoms with Crippen LogP contribution in [0, 0.1) is 12.7 Å². The number of halogens is 1. The van der Waals surface area contributed by atoms with Gasteiger partial charge in [-0.3, -0.25) is 9.59 Å². The van der Waals surface area contributed by atoms with Gasteiger partial charge in [-0.25, -0.2) is 4.39 Å². The zero-order valence-corrected chi connectivity index (χ0v) is 13.7. The predicted octanol–water partition coefficient (Wildman–Crippen LogP) is 2.48. The number of rotatable bonds is 6. The van der Waals surface area contributed by atoms with E-state index in [1.807, 2.05) is 19.1 Å². The number of carbonyl (C=O) groups excluding carboxylic acids is 2. The smallest absolute Gasteiger partial charge is 0.248 e. The molecule has 0 aliphatic carbocycles. The first-order valence-corrected chi connectivity index (χ1v) is 7.71. The first-order chi connectivity index (χ1) is 11.9. The number of nitrogens with one attached hydrogen (secondary N) is 2. The molecular formula is C19H19FN2O3. The van der Waals surface area contributed by atoms with Gasteiger partial charge in [-0.05, 0) is 36.8 Å². The molecule has 0 fully saturated rings. The van der Waals surface area contributed by atoms with E-state index < -0.39 is 23.7 Å². The number of carbonyl (C=O) groups is 2. The number of benzene rings is 2. The molecule has 0 aliphatic rings. The van der Waals surface area contributed by atoms with Gasteiger partial charge in [0.1, 0.15) is 5.82 Å². The Balaban J connectivity index is 1.78. The van der Waals surface area contributed by atoms with E-state index in [0.29, 0.717) is 11.3 Å². The summed E-state index contributed by atoms with van der Waals surface area (Å²) >= 11 is 0. The second kappa shape index (κ2) is 8.75. The summed E-state index contributed by atoms with van der Waals surface area (Å²) in [7, 11) is 0. The molecule has 0 heterocycles. The van der Waals surface area contributed by atoms with Crippen molar-refractivity contribution in [3.05, 3.63) is 77.6 Å². The highest BCUT2D eigenvalue weighted by Crippen LogP contribution is 2.12. The SMILES string of the molecule is Cc1ccc(C(O)CNC(=O)/C=C/C(=O)Nc2ccc(F)cc2)cc1. The van der Waals surface area contributed by atoms with Crippen molar-refractivity contribution < 1.29 is 19.1 Å². The minimum absolute atomic E-state index is 0.0335. The maximum atomic E-state index is 12.8. The Hall–Kier alpha value is -2.99. The van der Waals surface area contributed by atoms with E-state index >= 15 is 0 Å². The molecule has 2 amide bonds. The van der Waals surface area contributed by atoms with Crippen molar-refractivity contribution in [1.82, 2.24) is 5.32 Å². The third-order valence-electron chi connectivity index (χ3n) is 3.43. The fraction of sp³-hybridized carbons (Fsp3) is 0.158. The lowest BCUT2D eigenvalue weighted by molar-refractivity contribution is -0.117. The maximum Gasteiger partial charge on any atom is 0.248 e. The van der Waals surface area contributed by atoms with Crippen LogP contribution in [-0.2, 0) is 9.59 Å². The minimum Gasteiger partial charge on any atom is -0.387 e. The number of aliphatic hydroxyl groups is 1. The Morgan fingerprint density at radius 2 is 1.64 bits per heavy atom. The molecule has 0 aliphatic heterocycles. The molecule has 2 aromatic rings. The Bertz CT molecular complexity index is 755. The van der Waals surface area contributed by atoms with E-state index in [1.54, 1.807) is 12.1 Å². The van der Waals surface area contributed by atoms with E-state index in [-0.39, 0.29) is 6.54 Å². The number of aliphatic hydroxyl groups excluding tert-OH is 1. The van der Waals surface area contributed by atoms with E-state index in [2.05, 4.69) is 10.6 Å². The molecule has 0 aromatic heterocycles. The zero-order chi connectivity index (χ0) is 18.2. The lowest BCUT2D eigenvalue weighted by Gasteiger charge is -2.11. The molecule has 1 unspecified atom stereocenters. The van der Waals surface area contributed by atoms with Crippen LogP contribution >= 0.6 is 0 Å². The highest BCUT2D eigenvalue weighted by Gasteiger charge is 2.08. The molecule has 1 atom stereocenters.